The SMILES string of the molecule is Cc1c(C(=O)N(C)Cc2cnn(-c3ccccc3)c2)[nH]c2c1C(=O)CCC2. The van der Waals surface area contributed by atoms with E-state index in [1.807, 2.05) is 43.5 Å². The van der Waals surface area contributed by atoms with E-state index in [2.05, 4.69) is 10.1 Å². The van der Waals surface area contributed by atoms with E-state index in [1.54, 1.807) is 22.8 Å². The number of fused-ring (bicyclic) bond motifs is 1. The molecule has 1 aromatic carbocycles. The highest BCUT2D eigenvalue weighted by atomic mass is 16.2. The molecule has 0 atom stereocenters. The van der Waals surface area contributed by atoms with Crippen molar-refractivity contribution in [1.29, 1.82) is 0 Å². The Morgan fingerprint density at radius 1 is 1.26 bits per heavy atom. The molecule has 1 aliphatic carbocycles. The fraction of sp³-hybridized carbons (Fsp3) is 0.286. The number of H-pyrrole nitrogens is 1. The number of aromatic amines is 1. The molecule has 2 heterocycles. The van der Waals surface area contributed by atoms with Gasteiger partial charge in [-0.3, -0.25) is 9.59 Å². The first-order valence-corrected chi connectivity index (χ1v) is 9.13. The molecule has 6 nitrogen and oxygen atoms in total. The highest BCUT2D eigenvalue weighted by Gasteiger charge is 2.27. The Hall–Kier alpha value is -3.15. The van der Waals surface area contributed by atoms with Gasteiger partial charge in [0, 0.05) is 43.0 Å². The molecule has 0 fully saturated rings. The molecule has 0 saturated heterocycles. The van der Waals surface area contributed by atoms with Crippen molar-refractivity contribution in [2.75, 3.05) is 7.05 Å². The van der Waals surface area contributed by atoms with Crippen LogP contribution in [0.3, 0.4) is 0 Å². The summed E-state index contributed by atoms with van der Waals surface area (Å²) in [4.78, 5) is 30.0. The van der Waals surface area contributed by atoms with Gasteiger partial charge in [-0.05, 0) is 37.5 Å². The molecule has 2 aromatic heterocycles. The maximum absolute atomic E-state index is 12.9. The van der Waals surface area contributed by atoms with E-state index >= 15 is 0 Å². The van der Waals surface area contributed by atoms with Gasteiger partial charge in [-0.2, -0.15) is 5.10 Å². The van der Waals surface area contributed by atoms with Crippen LogP contribution in [-0.2, 0) is 13.0 Å². The number of nitrogens with zero attached hydrogens (tertiary/aromatic N) is 3. The number of hydrogen-bond donors (Lipinski definition) is 1. The van der Waals surface area contributed by atoms with E-state index in [0.717, 1.165) is 40.9 Å². The van der Waals surface area contributed by atoms with Gasteiger partial charge in [0.25, 0.3) is 5.91 Å². The minimum absolute atomic E-state index is 0.109. The van der Waals surface area contributed by atoms with E-state index in [-0.39, 0.29) is 11.7 Å². The third-order valence-corrected chi connectivity index (χ3v) is 5.07. The summed E-state index contributed by atoms with van der Waals surface area (Å²) in [5.41, 5.74) is 4.83. The Bertz CT molecular complexity index is 1000. The molecule has 1 N–H and O–H groups in total. The molecule has 138 valence electrons. The summed E-state index contributed by atoms with van der Waals surface area (Å²) in [6.45, 7) is 2.30. The second kappa shape index (κ2) is 6.87. The molecule has 6 heteroatoms. The smallest absolute Gasteiger partial charge is 0.270 e. The number of para-hydroxylation sites is 1. The second-order valence-electron chi connectivity index (χ2n) is 7.05. The van der Waals surface area contributed by atoms with Crippen molar-refractivity contribution in [3.05, 3.63) is 70.8 Å². The van der Waals surface area contributed by atoms with E-state index in [9.17, 15) is 9.59 Å². The van der Waals surface area contributed by atoms with Gasteiger partial charge in [0.1, 0.15) is 5.69 Å². The molecule has 0 bridgehead atoms. The van der Waals surface area contributed by atoms with Gasteiger partial charge < -0.3 is 9.88 Å². The highest BCUT2D eigenvalue weighted by molar-refractivity contribution is 6.04. The maximum atomic E-state index is 12.9. The number of amides is 1. The van der Waals surface area contributed by atoms with Crippen molar-refractivity contribution < 1.29 is 9.59 Å². The van der Waals surface area contributed by atoms with Gasteiger partial charge in [0.2, 0.25) is 0 Å². The molecule has 0 saturated carbocycles. The van der Waals surface area contributed by atoms with Crippen LogP contribution in [0.2, 0.25) is 0 Å². The van der Waals surface area contributed by atoms with Crippen LogP contribution in [0.5, 0.6) is 0 Å². The number of Topliss-reactive ketones (excluding diaryl/α,β-unsaturated/α-hetero) is 1. The Morgan fingerprint density at radius 2 is 2.04 bits per heavy atom. The number of ketones is 1. The first-order valence-electron chi connectivity index (χ1n) is 9.13. The Morgan fingerprint density at radius 3 is 2.78 bits per heavy atom. The van der Waals surface area contributed by atoms with Gasteiger partial charge in [-0.25, -0.2) is 4.68 Å². The number of rotatable bonds is 4. The normalized spacial score (nSPS) is 13.5. The van der Waals surface area contributed by atoms with E-state index < -0.39 is 0 Å². The lowest BCUT2D eigenvalue weighted by molar-refractivity contribution is 0.0779. The van der Waals surface area contributed by atoms with Crippen molar-refractivity contribution in [2.24, 2.45) is 0 Å². The highest BCUT2D eigenvalue weighted by Crippen LogP contribution is 2.27. The van der Waals surface area contributed by atoms with Crippen LogP contribution >= 0.6 is 0 Å². The maximum Gasteiger partial charge on any atom is 0.270 e. The molecule has 27 heavy (non-hydrogen) atoms. The van der Waals surface area contributed by atoms with Crippen molar-refractivity contribution in [2.45, 2.75) is 32.7 Å². The third kappa shape index (κ3) is 3.18. The fourth-order valence-electron chi connectivity index (χ4n) is 3.69. The van der Waals surface area contributed by atoms with Crippen LogP contribution in [0.15, 0.2) is 42.7 Å². The fourth-order valence-corrected chi connectivity index (χ4v) is 3.69. The first kappa shape index (κ1) is 17.3. The van der Waals surface area contributed by atoms with Crippen LogP contribution in [-0.4, -0.2) is 38.4 Å². The molecular weight excluding hydrogens is 340 g/mol. The van der Waals surface area contributed by atoms with Gasteiger partial charge in [-0.15, -0.1) is 0 Å². The lowest BCUT2D eigenvalue weighted by Gasteiger charge is -2.16. The quantitative estimate of drug-likeness (QED) is 0.774. The second-order valence-corrected chi connectivity index (χ2v) is 7.05. The third-order valence-electron chi connectivity index (χ3n) is 5.07. The number of carbonyl (C=O) groups is 2. The largest absolute Gasteiger partial charge is 0.354 e. The average Bonchev–Trinajstić information content (AvgIpc) is 3.27. The number of carbonyl (C=O) groups excluding carboxylic acids is 2. The molecule has 0 spiro atoms. The Kier molecular flexibility index (Phi) is 4.39. The predicted molar refractivity (Wildman–Crippen MR) is 102 cm³/mol. The van der Waals surface area contributed by atoms with Gasteiger partial charge in [-0.1, -0.05) is 18.2 Å². The monoisotopic (exact) mass is 362 g/mol. The molecule has 0 aliphatic heterocycles. The minimum atomic E-state index is -0.109. The number of aryl methyl sites for hydroxylation is 1. The molecule has 3 aromatic rings. The molecular formula is C21H22N4O2. The lowest BCUT2D eigenvalue weighted by atomic mass is 9.94. The topological polar surface area (TPSA) is 71.0 Å². The van der Waals surface area contributed by atoms with Crippen LogP contribution < -0.4 is 0 Å². The van der Waals surface area contributed by atoms with E-state index in [4.69, 9.17) is 0 Å². The Balaban J connectivity index is 1.52. The van der Waals surface area contributed by atoms with Crippen LogP contribution in [0, 0.1) is 6.92 Å². The zero-order valence-electron chi connectivity index (χ0n) is 15.5. The van der Waals surface area contributed by atoms with Crippen molar-refractivity contribution in [1.82, 2.24) is 19.7 Å². The number of nitrogens with one attached hydrogen (secondary N) is 1. The standard InChI is InChI=1S/C21H22N4O2/c1-14-19-17(9-6-10-18(19)26)23-20(14)21(27)24(2)12-15-11-22-25(13-15)16-7-4-3-5-8-16/h3-5,7-8,11,13,23H,6,9-10,12H2,1-2H3. The summed E-state index contributed by atoms with van der Waals surface area (Å²) >= 11 is 0. The summed E-state index contributed by atoms with van der Waals surface area (Å²) in [5.74, 6) is 0.0259. The summed E-state index contributed by atoms with van der Waals surface area (Å²) < 4.78 is 1.80. The number of hydrogen-bond acceptors (Lipinski definition) is 3. The number of aromatic nitrogens is 3. The van der Waals surface area contributed by atoms with E-state index in [1.165, 1.54) is 0 Å². The summed E-state index contributed by atoms with van der Waals surface area (Å²) in [7, 11) is 1.77. The molecule has 0 radical (unpaired) electrons. The van der Waals surface area contributed by atoms with Crippen LogP contribution in [0.1, 0.15) is 50.5 Å². The molecule has 0 unspecified atom stereocenters. The average molecular weight is 362 g/mol. The van der Waals surface area contributed by atoms with Crippen molar-refractivity contribution >= 4 is 11.7 Å². The number of benzene rings is 1. The zero-order valence-corrected chi connectivity index (χ0v) is 15.5. The van der Waals surface area contributed by atoms with Gasteiger partial charge in [0.15, 0.2) is 5.78 Å². The summed E-state index contributed by atoms with van der Waals surface area (Å²) in [6, 6.07) is 9.85. The predicted octanol–water partition coefficient (Wildman–Crippen LogP) is 3.30. The van der Waals surface area contributed by atoms with Gasteiger partial charge >= 0.3 is 0 Å². The van der Waals surface area contributed by atoms with Gasteiger partial charge in [0.05, 0.1) is 11.9 Å². The zero-order chi connectivity index (χ0) is 19.0. The van der Waals surface area contributed by atoms with Crippen LogP contribution in [0.4, 0.5) is 0 Å². The minimum Gasteiger partial charge on any atom is -0.354 e. The first-order chi connectivity index (χ1) is 13.0. The summed E-state index contributed by atoms with van der Waals surface area (Å²) in [5, 5.41) is 4.38. The molecule has 1 amide bonds. The lowest BCUT2D eigenvalue weighted by Crippen LogP contribution is -2.27. The Labute approximate surface area is 157 Å². The van der Waals surface area contributed by atoms with Crippen LogP contribution in [0.25, 0.3) is 5.69 Å². The summed E-state index contributed by atoms with van der Waals surface area (Å²) in [6.07, 6.45) is 5.92. The molecule has 4 rings (SSSR count). The molecule has 1 aliphatic rings. The van der Waals surface area contributed by atoms with Crippen molar-refractivity contribution in [3.8, 4) is 5.69 Å². The van der Waals surface area contributed by atoms with Crippen molar-refractivity contribution in [3.63, 3.8) is 0 Å². The van der Waals surface area contributed by atoms with E-state index in [0.29, 0.717) is 18.7 Å².